The van der Waals surface area contributed by atoms with E-state index in [2.05, 4.69) is 15.9 Å². The zero-order valence-electron chi connectivity index (χ0n) is 9.56. The van der Waals surface area contributed by atoms with Gasteiger partial charge in [-0.25, -0.2) is 0 Å². The standard InChI is InChI=1S/C14H7BrClNO2/c15-11-2-4-14(12(16)6-11)19-13-3-1-9(8-18)5-10(13)7-17/h1-6,8H. The number of hydrogen-bond acceptors (Lipinski definition) is 3. The number of carbonyl (C=O) groups excluding carboxylic acids is 1. The van der Waals surface area contributed by atoms with Crippen LogP contribution >= 0.6 is 27.5 Å². The highest BCUT2D eigenvalue weighted by molar-refractivity contribution is 9.10. The Bertz CT molecular complexity index is 680. The zero-order valence-corrected chi connectivity index (χ0v) is 11.9. The van der Waals surface area contributed by atoms with Gasteiger partial charge >= 0.3 is 0 Å². The predicted molar refractivity (Wildman–Crippen MR) is 75.8 cm³/mol. The average molecular weight is 337 g/mol. The molecule has 0 N–H and O–H groups in total. The minimum Gasteiger partial charge on any atom is -0.454 e. The number of rotatable bonds is 3. The van der Waals surface area contributed by atoms with Crippen LogP contribution < -0.4 is 4.74 Å². The molecule has 0 aromatic heterocycles. The van der Waals surface area contributed by atoms with Crippen LogP contribution in [0.1, 0.15) is 15.9 Å². The molecule has 0 aliphatic heterocycles. The number of halogens is 2. The fourth-order valence-electron chi connectivity index (χ4n) is 1.47. The molecule has 0 aliphatic rings. The van der Waals surface area contributed by atoms with Crippen LogP contribution in [-0.2, 0) is 0 Å². The first kappa shape index (κ1) is 13.6. The maximum absolute atomic E-state index is 10.7. The third-order valence-corrected chi connectivity index (χ3v) is 3.16. The van der Waals surface area contributed by atoms with E-state index in [1.165, 1.54) is 6.07 Å². The highest BCUT2D eigenvalue weighted by atomic mass is 79.9. The number of nitriles is 1. The molecule has 3 nitrogen and oxygen atoms in total. The van der Waals surface area contributed by atoms with Gasteiger partial charge in [0.1, 0.15) is 23.9 Å². The lowest BCUT2D eigenvalue weighted by atomic mass is 10.1. The summed E-state index contributed by atoms with van der Waals surface area (Å²) in [4.78, 5) is 10.7. The van der Waals surface area contributed by atoms with E-state index in [1.54, 1.807) is 30.3 Å². The molecular formula is C14H7BrClNO2. The van der Waals surface area contributed by atoms with Gasteiger partial charge in [0.05, 0.1) is 10.6 Å². The molecule has 0 atom stereocenters. The van der Waals surface area contributed by atoms with Gasteiger partial charge in [-0.15, -0.1) is 0 Å². The summed E-state index contributed by atoms with van der Waals surface area (Å²) in [6.45, 7) is 0. The molecule has 0 spiro atoms. The van der Waals surface area contributed by atoms with Gasteiger partial charge in [-0.05, 0) is 36.4 Å². The fraction of sp³-hybridized carbons (Fsp3) is 0. The molecule has 0 saturated heterocycles. The van der Waals surface area contributed by atoms with Crippen molar-refractivity contribution in [2.24, 2.45) is 0 Å². The normalized spacial score (nSPS) is 9.74. The van der Waals surface area contributed by atoms with Gasteiger partial charge in [-0.3, -0.25) is 4.79 Å². The fourth-order valence-corrected chi connectivity index (χ4v) is 2.19. The van der Waals surface area contributed by atoms with E-state index in [0.29, 0.717) is 28.4 Å². The van der Waals surface area contributed by atoms with Crippen LogP contribution in [-0.4, -0.2) is 6.29 Å². The van der Waals surface area contributed by atoms with Crippen LogP contribution in [0.5, 0.6) is 11.5 Å². The molecule has 0 bridgehead atoms. The Morgan fingerprint density at radius 1 is 1.21 bits per heavy atom. The Kier molecular flexibility index (Phi) is 4.20. The molecule has 2 aromatic carbocycles. The van der Waals surface area contributed by atoms with E-state index in [1.807, 2.05) is 6.07 Å². The molecule has 94 valence electrons. The number of carbonyl (C=O) groups is 1. The van der Waals surface area contributed by atoms with Crippen molar-refractivity contribution in [1.29, 1.82) is 5.26 Å². The molecule has 5 heteroatoms. The van der Waals surface area contributed by atoms with E-state index in [-0.39, 0.29) is 5.56 Å². The van der Waals surface area contributed by atoms with Crippen molar-refractivity contribution in [3.63, 3.8) is 0 Å². The third kappa shape index (κ3) is 3.14. The van der Waals surface area contributed by atoms with E-state index in [0.717, 1.165) is 4.47 Å². The van der Waals surface area contributed by atoms with Gasteiger partial charge in [0.25, 0.3) is 0 Å². The van der Waals surface area contributed by atoms with Crippen molar-refractivity contribution in [3.05, 3.63) is 57.0 Å². The van der Waals surface area contributed by atoms with Crippen molar-refractivity contribution < 1.29 is 9.53 Å². The number of nitrogens with zero attached hydrogens (tertiary/aromatic N) is 1. The quantitative estimate of drug-likeness (QED) is 0.771. The molecule has 0 unspecified atom stereocenters. The van der Waals surface area contributed by atoms with Crippen molar-refractivity contribution in [2.75, 3.05) is 0 Å². The topological polar surface area (TPSA) is 50.1 Å². The van der Waals surface area contributed by atoms with Crippen molar-refractivity contribution in [2.45, 2.75) is 0 Å². The van der Waals surface area contributed by atoms with Crippen LogP contribution in [0.15, 0.2) is 40.9 Å². The largest absolute Gasteiger partial charge is 0.454 e. The maximum atomic E-state index is 10.7. The summed E-state index contributed by atoms with van der Waals surface area (Å²) in [5.41, 5.74) is 0.703. The van der Waals surface area contributed by atoms with Crippen LogP contribution in [0, 0.1) is 11.3 Å². The smallest absolute Gasteiger partial charge is 0.150 e. The van der Waals surface area contributed by atoms with Gasteiger partial charge in [0.2, 0.25) is 0 Å². The lowest BCUT2D eigenvalue weighted by molar-refractivity contribution is 0.112. The molecule has 0 saturated carbocycles. The first-order chi connectivity index (χ1) is 9.13. The highest BCUT2D eigenvalue weighted by Crippen LogP contribution is 2.33. The Morgan fingerprint density at radius 3 is 2.58 bits per heavy atom. The lowest BCUT2D eigenvalue weighted by Crippen LogP contribution is -1.91. The zero-order chi connectivity index (χ0) is 13.8. The molecule has 0 aliphatic carbocycles. The van der Waals surface area contributed by atoms with Gasteiger partial charge in [0.15, 0.2) is 0 Å². The second-order valence-electron chi connectivity index (χ2n) is 3.66. The SMILES string of the molecule is N#Cc1cc(C=O)ccc1Oc1ccc(Br)cc1Cl. The third-order valence-electron chi connectivity index (χ3n) is 2.37. The van der Waals surface area contributed by atoms with Crippen LogP contribution in [0.4, 0.5) is 0 Å². The van der Waals surface area contributed by atoms with Crippen LogP contribution in [0.2, 0.25) is 5.02 Å². The second-order valence-corrected chi connectivity index (χ2v) is 4.98. The summed E-state index contributed by atoms with van der Waals surface area (Å²) in [6, 6.07) is 11.8. The van der Waals surface area contributed by atoms with Gasteiger partial charge in [0, 0.05) is 10.0 Å². The number of hydrogen-bond donors (Lipinski definition) is 0. The Labute approximate surface area is 123 Å². The summed E-state index contributed by atoms with van der Waals surface area (Å²) in [5.74, 6) is 0.803. The lowest BCUT2D eigenvalue weighted by Gasteiger charge is -2.09. The van der Waals surface area contributed by atoms with Crippen LogP contribution in [0.3, 0.4) is 0 Å². The van der Waals surface area contributed by atoms with E-state index < -0.39 is 0 Å². The molecule has 19 heavy (non-hydrogen) atoms. The number of benzene rings is 2. The summed E-state index contributed by atoms with van der Waals surface area (Å²) in [7, 11) is 0. The van der Waals surface area contributed by atoms with E-state index >= 15 is 0 Å². The summed E-state index contributed by atoms with van der Waals surface area (Å²) < 4.78 is 6.43. The summed E-state index contributed by atoms with van der Waals surface area (Å²) >= 11 is 9.34. The Balaban J connectivity index is 2.38. The van der Waals surface area contributed by atoms with Gasteiger partial charge < -0.3 is 4.74 Å². The maximum Gasteiger partial charge on any atom is 0.150 e. The van der Waals surface area contributed by atoms with Crippen molar-refractivity contribution >= 4 is 33.8 Å². The molecular weight excluding hydrogens is 330 g/mol. The predicted octanol–water partition coefficient (Wildman–Crippen LogP) is 4.58. The van der Waals surface area contributed by atoms with Crippen molar-refractivity contribution in [3.8, 4) is 17.6 Å². The van der Waals surface area contributed by atoms with Gasteiger partial charge in [-0.2, -0.15) is 5.26 Å². The molecule has 2 rings (SSSR count). The molecule has 0 amide bonds. The first-order valence-electron chi connectivity index (χ1n) is 5.26. The van der Waals surface area contributed by atoms with E-state index in [4.69, 9.17) is 21.6 Å². The molecule has 0 fully saturated rings. The second kappa shape index (κ2) is 5.87. The molecule has 2 aromatic rings. The Hall–Kier alpha value is -1.83. The molecule has 0 radical (unpaired) electrons. The first-order valence-corrected chi connectivity index (χ1v) is 6.43. The number of ether oxygens (including phenoxy) is 1. The molecule has 0 heterocycles. The minimum atomic E-state index is 0.281. The summed E-state index contributed by atoms with van der Waals surface area (Å²) in [5, 5.41) is 9.47. The van der Waals surface area contributed by atoms with Crippen LogP contribution in [0.25, 0.3) is 0 Å². The van der Waals surface area contributed by atoms with Crippen molar-refractivity contribution in [1.82, 2.24) is 0 Å². The van der Waals surface area contributed by atoms with E-state index in [9.17, 15) is 4.79 Å². The summed E-state index contributed by atoms with van der Waals surface area (Å²) in [6.07, 6.45) is 0.678. The average Bonchev–Trinajstić information content (AvgIpc) is 2.42. The van der Waals surface area contributed by atoms with Gasteiger partial charge in [-0.1, -0.05) is 27.5 Å². The minimum absolute atomic E-state index is 0.281. The highest BCUT2D eigenvalue weighted by Gasteiger charge is 2.08. The number of aldehydes is 1. The Morgan fingerprint density at radius 2 is 1.95 bits per heavy atom. The monoisotopic (exact) mass is 335 g/mol.